The molecule has 2 aliphatic heterocycles. The zero-order valence-electron chi connectivity index (χ0n) is 7.42. The molecule has 0 N–H and O–H groups in total. The van der Waals surface area contributed by atoms with E-state index in [1.165, 1.54) is 4.31 Å². The summed E-state index contributed by atoms with van der Waals surface area (Å²) in [6.45, 7) is 0.569. The summed E-state index contributed by atoms with van der Waals surface area (Å²) in [5.74, 6) is 0.245. The van der Waals surface area contributed by atoms with E-state index in [4.69, 9.17) is 0 Å². The number of hydrogen-bond donors (Lipinski definition) is 0. The Bertz CT molecular complexity index is 519. The predicted octanol–water partition coefficient (Wildman–Crippen LogP) is 1.30. The van der Waals surface area contributed by atoms with Crippen molar-refractivity contribution >= 4 is 10.0 Å². The van der Waals surface area contributed by atoms with Crippen molar-refractivity contribution in [1.82, 2.24) is 4.31 Å². The summed E-state index contributed by atoms with van der Waals surface area (Å²) in [7, 11) is -3.24. The van der Waals surface area contributed by atoms with Gasteiger partial charge in [-0.25, -0.2) is 8.42 Å². The van der Waals surface area contributed by atoms with Gasteiger partial charge in [0.25, 0.3) is 10.0 Å². The molecule has 3 nitrogen and oxygen atoms in total. The summed E-state index contributed by atoms with van der Waals surface area (Å²) in [5, 5.41) is 0. The van der Waals surface area contributed by atoms with E-state index in [1.807, 2.05) is 18.2 Å². The standard InChI is InChI=1S/C10H9NO2S/c12-14(13)10-4-2-1-3-9(10)8-5-6-11(14)7-8/h1-6,8H,7H2. The second kappa shape index (κ2) is 2.39. The molecule has 0 aliphatic carbocycles. The van der Waals surface area contributed by atoms with E-state index in [1.54, 1.807) is 18.3 Å². The fraction of sp³-hybridized carbons (Fsp3) is 0.200. The van der Waals surface area contributed by atoms with Crippen LogP contribution in [0.5, 0.6) is 0 Å². The predicted molar refractivity (Wildman–Crippen MR) is 52.2 cm³/mol. The van der Waals surface area contributed by atoms with Gasteiger partial charge in [0, 0.05) is 18.7 Å². The summed E-state index contributed by atoms with van der Waals surface area (Å²) in [5.41, 5.74) is 0.928. The van der Waals surface area contributed by atoms with Crippen LogP contribution in [0.2, 0.25) is 0 Å². The van der Waals surface area contributed by atoms with Gasteiger partial charge in [-0.1, -0.05) is 24.3 Å². The van der Waals surface area contributed by atoms with Crippen molar-refractivity contribution in [3.05, 3.63) is 42.1 Å². The smallest absolute Gasteiger partial charge is 0.264 e. The highest BCUT2D eigenvalue weighted by Crippen LogP contribution is 2.38. The number of hydrogen-bond acceptors (Lipinski definition) is 2. The maximum absolute atomic E-state index is 11.9. The summed E-state index contributed by atoms with van der Waals surface area (Å²) in [6, 6.07) is 7.22. The van der Waals surface area contributed by atoms with Gasteiger partial charge in [-0.3, -0.25) is 4.31 Å². The molecule has 0 fully saturated rings. The van der Waals surface area contributed by atoms with E-state index in [2.05, 4.69) is 0 Å². The summed E-state index contributed by atoms with van der Waals surface area (Å²) in [4.78, 5) is 0.459. The van der Waals surface area contributed by atoms with Crippen molar-refractivity contribution in [2.45, 2.75) is 10.8 Å². The van der Waals surface area contributed by atoms with Crippen LogP contribution in [0.4, 0.5) is 0 Å². The van der Waals surface area contributed by atoms with E-state index in [-0.39, 0.29) is 5.92 Å². The third-order valence-electron chi connectivity index (χ3n) is 2.77. The van der Waals surface area contributed by atoms with Crippen LogP contribution in [0.3, 0.4) is 0 Å². The summed E-state index contributed by atoms with van der Waals surface area (Å²) in [6.07, 6.45) is 3.61. The lowest BCUT2D eigenvalue weighted by Gasteiger charge is -2.26. The lowest BCUT2D eigenvalue weighted by Crippen LogP contribution is -2.31. The van der Waals surface area contributed by atoms with Gasteiger partial charge in [-0.15, -0.1) is 0 Å². The third-order valence-corrected chi connectivity index (χ3v) is 4.58. The van der Waals surface area contributed by atoms with Gasteiger partial charge in [0.05, 0.1) is 4.90 Å². The molecular formula is C10H9NO2S. The average Bonchev–Trinajstić information content (AvgIpc) is 2.63. The topological polar surface area (TPSA) is 37.4 Å². The first-order valence-corrected chi connectivity index (χ1v) is 5.93. The number of sulfonamides is 1. The van der Waals surface area contributed by atoms with Crippen LogP contribution in [0.1, 0.15) is 11.5 Å². The highest BCUT2D eigenvalue weighted by atomic mass is 32.2. The van der Waals surface area contributed by atoms with Crippen molar-refractivity contribution in [3.63, 3.8) is 0 Å². The summed E-state index contributed by atoms with van der Waals surface area (Å²) < 4.78 is 25.3. The van der Waals surface area contributed by atoms with Crippen LogP contribution < -0.4 is 0 Å². The Morgan fingerprint density at radius 2 is 2.07 bits per heavy atom. The van der Waals surface area contributed by atoms with Crippen LogP contribution in [0, 0.1) is 0 Å². The highest BCUT2D eigenvalue weighted by Gasteiger charge is 2.36. The molecule has 2 aliphatic rings. The number of rotatable bonds is 0. The van der Waals surface area contributed by atoms with Crippen molar-refractivity contribution in [3.8, 4) is 0 Å². The molecule has 1 aromatic rings. The largest absolute Gasteiger partial charge is 0.273 e. The van der Waals surface area contributed by atoms with Gasteiger partial charge in [-0.05, 0) is 11.6 Å². The fourth-order valence-corrected chi connectivity index (χ4v) is 3.65. The van der Waals surface area contributed by atoms with Gasteiger partial charge in [0.2, 0.25) is 0 Å². The molecule has 0 spiro atoms. The van der Waals surface area contributed by atoms with Crippen molar-refractivity contribution in [2.24, 2.45) is 0 Å². The molecule has 0 aromatic heterocycles. The zero-order valence-corrected chi connectivity index (χ0v) is 8.24. The van der Waals surface area contributed by atoms with Crippen molar-refractivity contribution in [1.29, 1.82) is 0 Å². The Balaban J connectivity index is 2.38. The molecule has 2 heterocycles. The molecule has 14 heavy (non-hydrogen) atoms. The normalized spacial score (nSPS) is 26.3. The first-order chi connectivity index (χ1) is 6.69. The average molecular weight is 207 g/mol. The van der Waals surface area contributed by atoms with Crippen molar-refractivity contribution in [2.75, 3.05) is 6.54 Å². The van der Waals surface area contributed by atoms with Gasteiger partial charge in [0.15, 0.2) is 0 Å². The first kappa shape index (κ1) is 8.05. The van der Waals surface area contributed by atoms with Crippen molar-refractivity contribution < 1.29 is 8.42 Å². The van der Waals surface area contributed by atoms with E-state index in [0.717, 1.165) is 5.56 Å². The van der Waals surface area contributed by atoms with E-state index in [9.17, 15) is 8.42 Å². The number of fused-ring (bicyclic) bond motifs is 4. The van der Waals surface area contributed by atoms with E-state index in [0.29, 0.717) is 11.4 Å². The molecular weight excluding hydrogens is 198 g/mol. The lowest BCUT2D eigenvalue weighted by atomic mass is 10.0. The minimum Gasteiger partial charge on any atom is -0.273 e. The molecule has 4 heteroatoms. The molecule has 72 valence electrons. The minimum absolute atomic E-state index is 0.245. The third kappa shape index (κ3) is 0.838. The second-order valence-electron chi connectivity index (χ2n) is 3.56. The fourth-order valence-electron chi connectivity index (χ4n) is 2.04. The maximum atomic E-state index is 11.9. The van der Waals surface area contributed by atoms with Crippen LogP contribution in [-0.4, -0.2) is 19.3 Å². The molecule has 0 saturated heterocycles. The van der Waals surface area contributed by atoms with Crippen LogP contribution in [-0.2, 0) is 10.0 Å². The highest BCUT2D eigenvalue weighted by molar-refractivity contribution is 7.89. The Morgan fingerprint density at radius 3 is 2.93 bits per heavy atom. The number of nitrogens with zero attached hydrogens (tertiary/aromatic N) is 1. The molecule has 1 atom stereocenters. The second-order valence-corrected chi connectivity index (χ2v) is 5.42. The summed E-state index contributed by atoms with van der Waals surface area (Å²) >= 11 is 0. The monoisotopic (exact) mass is 207 g/mol. The Kier molecular flexibility index (Phi) is 1.37. The molecule has 3 rings (SSSR count). The Morgan fingerprint density at radius 1 is 1.29 bits per heavy atom. The van der Waals surface area contributed by atoms with Crippen LogP contribution >= 0.6 is 0 Å². The van der Waals surface area contributed by atoms with E-state index < -0.39 is 10.0 Å². The van der Waals surface area contributed by atoms with Crippen LogP contribution in [0.15, 0.2) is 41.4 Å². The molecule has 1 aromatic carbocycles. The molecule has 2 bridgehead atoms. The molecule has 0 radical (unpaired) electrons. The van der Waals surface area contributed by atoms with Crippen LogP contribution in [0.25, 0.3) is 0 Å². The zero-order chi connectivity index (χ0) is 9.76. The van der Waals surface area contributed by atoms with Gasteiger partial charge >= 0.3 is 0 Å². The van der Waals surface area contributed by atoms with Gasteiger partial charge in [-0.2, -0.15) is 0 Å². The lowest BCUT2D eigenvalue weighted by molar-refractivity contribution is 0.490. The molecule has 0 amide bonds. The Hall–Kier alpha value is -1.29. The van der Waals surface area contributed by atoms with Gasteiger partial charge in [0.1, 0.15) is 0 Å². The minimum atomic E-state index is -3.24. The van der Waals surface area contributed by atoms with E-state index >= 15 is 0 Å². The van der Waals surface area contributed by atoms with Gasteiger partial charge < -0.3 is 0 Å². The molecule has 1 unspecified atom stereocenters. The molecule has 0 saturated carbocycles. The SMILES string of the molecule is O=S1(=O)c2ccccc2C2C=CN1C2. The number of benzene rings is 1. The first-order valence-electron chi connectivity index (χ1n) is 4.49. The quantitative estimate of drug-likeness (QED) is 0.643. The Labute approximate surface area is 82.7 Å². The maximum Gasteiger partial charge on any atom is 0.264 e.